The van der Waals surface area contributed by atoms with Crippen molar-refractivity contribution in [1.82, 2.24) is 4.98 Å². The van der Waals surface area contributed by atoms with Gasteiger partial charge >= 0.3 is 6.36 Å². The predicted octanol–water partition coefficient (Wildman–Crippen LogP) is 3.62. The highest BCUT2D eigenvalue weighted by Gasteiger charge is 2.32. The zero-order valence-corrected chi connectivity index (χ0v) is 9.30. The topological polar surface area (TPSA) is 35.3 Å². The Morgan fingerprint density at radius 3 is 2.75 bits per heavy atom. The second-order valence-electron chi connectivity index (χ2n) is 2.89. The van der Waals surface area contributed by atoms with Crippen molar-refractivity contribution >= 4 is 27.0 Å². The van der Waals surface area contributed by atoms with Gasteiger partial charge in [-0.3, -0.25) is 0 Å². The molecule has 1 aromatic heterocycles. The van der Waals surface area contributed by atoms with Crippen LogP contribution in [0.4, 0.5) is 13.2 Å². The van der Waals surface area contributed by atoms with Gasteiger partial charge in [-0.15, -0.1) is 13.2 Å². The van der Waals surface area contributed by atoms with Crippen LogP contribution in [0.2, 0.25) is 0 Å². The minimum Gasteiger partial charge on any atom is -0.436 e. The molecular weight excluding hydrogens is 291 g/mol. The summed E-state index contributed by atoms with van der Waals surface area (Å²) in [5, 5.41) is 0.327. The monoisotopic (exact) mass is 295 g/mol. The van der Waals surface area contributed by atoms with Crippen LogP contribution in [0, 0.1) is 0 Å². The normalized spacial score (nSPS) is 12.0. The molecule has 0 amide bonds. The fraction of sp³-hybridized carbons (Fsp3) is 0.222. The van der Waals surface area contributed by atoms with Crippen molar-refractivity contribution in [1.29, 1.82) is 0 Å². The molecule has 0 aliphatic carbocycles. The van der Waals surface area contributed by atoms with Gasteiger partial charge < -0.3 is 9.15 Å². The van der Waals surface area contributed by atoms with Crippen LogP contribution in [-0.2, 0) is 5.33 Å². The first-order valence-corrected chi connectivity index (χ1v) is 5.32. The molecule has 1 heterocycles. The van der Waals surface area contributed by atoms with Crippen molar-refractivity contribution in [3.05, 3.63) is 24.1 Å². The van der Waals surface area contributed by atoms with E-state index in [9.17, 15) is 13.2 Å². The zero-order chi connectivity index (χ0) is 11.8. The summed E-state index contributed by atoms with van der Waals surface area (Å²) in [5.41, 5.74) is 0.325. The number of oxazole rings is 1. The summed E-state index contributed by atoms with van der Waals surface area (Å²) in [6.45, 7) is 0. The SMILES string of the molecule is FC(F)(F)Oc1cccc2nc(CBr)oc12. The molecule has 0 aliphatic heterocycles. The van der Waals surface area contributed by atoms with Gasteiger partial charge in [0.25, 0.3) is 0 Å². The molecule has 0 saturated carbocycles. The number of aromatic nitrogens is 1. The summed E-state index contributed by atoms with van der Waals surface area (Å²) in [6, 6.07) is 4.15. The Morgan fingerprint density at radius 2 is 2.12 bits per heavy atom. The standard InChI is InChI=1S/C9H5BrF3NO2/c10-4-7-14-5-2-1-3-6(8(5)15-7)16-9(11,12)13/h1-3H,4H2. The van der Waals surface area contributed by atoms with Crippen molar-refractivity contribution in [3.8, 4) is 5.75 Å². The number of hydrogen-bond donors (Lipinski definition) is 0. The van der Waals surface area contributed by atoms with Crippen LogP contribution in [0.3, 0.4) is 0 Å². The molecule has 86 valence electrons. The number of halogens is 4. The molecular formula is C9H5BrF3NO2. The summed E-state index contributed by atoms with van der Waals surface area (Å²) >= 11 is 3.10. The molecule has 0 atom stereocenters. The van der Waals surface area contributed by atoms with Crippen LogP contribution in [-0.4, -0.2) is 11.3 Å². The number of benzene rings is 1. The average Bonchev–Trinajstić information content (AvgIpc) is 2.59. The number of nitrogens with zero attached hydrogens (tertiary/aromatic N) is 1. The lowest BCUT2D eigenvalue weighted by molar-refractivity contribution is -0.274. The third-order valence-corrected chi connectivity index (χ3v) is 2.24. The first-order valence-electron chi connectivity index (χ1n) is 4.20. The predicted molar refractivity (Wildman–Crippen MR) is 53.3 cm³/mol. The van der Waals surface area contributed by atoms with Crippen LogP contribution < -0.4 is 4.74 Å². The van der Waals surface area contributed by atoms with Gasteiger partial charge in [0.1, 0.15) is 5.52 Å². The third kappa shape index (κ3) is 2.29. The summed E-state index contributed by atoms with van der Waals surface area (Å²) in [6.07, 6.45) is -4.74. The number of alkyl halides is 4. The smallest absolute Gasteiger partial charge is 0.436 e. The number of fused-ring (bicyclic) bond motifs is 1. The minimum absolute atomic E-state index is 0.00530. The van der Waals surface area contributed by atoms with E-state index >= 15 is 0 Å². The van der Waals surface area contributed by atoms with Crippen LogP contribution in [0.25, 0.3) is 11.1 Å². The molecule has 2 rings (SSSR count). The van der Waals surface area contributed by atoms with Gasteiger partial charge in [-0.25, -0.2) is 4.98 Å². The maximum Gasteiger partial charge on any atom is 0.573 e. The zero-order valence-electron chi connectivity index (χ0n) is 7.71. The fourth-order valence-corrected chi connectivity index (χ4v) is 1.47. The lowest BCUT2D eigenvalue weighted by Crippen LogP contribution is -2.17. The quantitative estimate of drug-likeness (QED) is 0.794. The van der Waals surface area contributed by atoms with E-state index in [2.05, 4.69) is 25.7 Å². The number of hydrogen-bond acceptors (Lipinski definition) is 3. The van der Waals surface area contributed by atoms with Crippen LogP contribution in [0.1, 0.15) is 5.89 Å². The number of para-hydroxylation sites is 1. The molecule has 0 fully saturated rings. The Kier molecular flexibility index (Phi) is 2.79. The van der Waals surface area contributed by atoms with E-state index in [4.69, 9.17) is 4.42 Å². The van der Waals surface area contributed by atoms with E-state index in [1.165, 1.54) is 12.1 Å². The van der Waals surface area contributed by atoms with E-state index in [-0.39, 0.29) is 11.3 Å². The highest BCUT2D eigenvalue weighted by atomic mass is 79.9. The lowest BCUT2D eigenvalue weighted by Gasteiger charge is -2.07. The highest BCUT2D eigenvalue weighted by Crippen LogP contribution is 2.31. The summed E-state index contributed by atoms with van der Waals surface area (Å²) in [7, 11) is 0. The second kappa shape index (κ2) is 3.97. The Labute approximate surface area is 96.3 Å². The maximum atomic E-state index is 12.1. The molecule has 3 nitrogen and oxygen atoms in total. The molecule has 2 aromatic rings. The molecule has 0 bridgehead atoms. The van der Waals surface area contributed by atoms with E-state index in [1.54, 1.807) is 6.07 Å². The highest BCUT2D eigenvalue weighted by molar-refractivity contribution is 9.08. The number of ether oxygens (including phenoxy) is 1. The van der Waals surface area contributed by atoms with E-state index < -0.39 is 6.36 Å². The summed E-state index contributed by atoms with van der Waals surface area (Å²) < 4.78 is 45.1. The minimum atomic E-state index is -4.74. The summed E-state index contributed by atoms with van der Waals surface area (Å²) in [4.78, 5) is 3.96. The van der Waals surface area contributed by atoms with E-state index in [0.717, 1.165) is 0 Å². The first-order chi connectivity index (χ1) is 7.49. The Balaban J connectivity index is 2.48. The summed E-state index contributed by atoms with van der Waals surface area (Å²) in [5.74, 6) is -0.0853. The van der Waals surface area contributed by atoms with Gasteiger partial charge in [0.2, 0.25) is 5.89 Å². The van der Waals surface area contributed by atoms with Gasteiger partial charge in [-0.2, -0.15) is 0 Å². The van der Waals surface area contributed by atoms with Crippen LogP contribution in [0.5, 0.6) is 5.75 Å². The van der Waals surface area contributed by atoms with Crippen molar-refractivity contribution in [2.75, 3.05) is 0 Å². The molecule has 1 aromatic carbocycles. The van der Waals surface area contributed by atoms with Crippen molar-refractivity contribution in [3.63, 3.8) is 0 Å². The average molecular weight is 296 g/mol. The number of rotatable bonds is 2. The molecule has 0 N–H and O–H groups in total. The third-order valence-electron chi connectivity index (χ3n) is 1.76. The van der Waals surface area contributed by atoms with Crippen molar-refractivity contribution in [2.24, 2.45) is 0 Å². The van der Waals surface area contributed by atoms with Crippen LogP contribution >= 0.6 is 15.9 Å². The van der Waals surface area contributed by atoms with Gasteiger partial charge in [0.15, 0.2) is 11.3 Å². The van der Waals surface area contributed by atoms with E-state index in [1.807, 2.05) is 0 Å². The molecule has 0 unspecified atom stereocenters. The van der Waals surface area contributed by atoms with Gasteiger partial charge in [0, 0.05) is 0 Å². The second-order valence-corrected chi connectivity index (χ2v) is 3.45. The lowest BCUT2D eigenvalue weighted by atomic mass is 10.3. The Hall–Kier alpha value is -1.24. The Bertz CT molecular complexity index is 509. The van der Waals surface area contributed by atoms with Gasteiger partial charge in [-0.1, -0.05) is 22.0 Å². The van der Waals surface area contributed by atoms with E-state index in [0.29, 0.717) is 16.7 Å². The largest absolute Gasteiger partial charge is 0.573 e. The fourth-order valence-electron chi connectivity index (χ4n) is 1.23. The Morgan fingerprint density at radius 1 is 1.38 bits per heavy atom. The maximum absolute atomic E-state index is 12.1. The molecule has 16 heavy (non-hydrogen) atoms. The van der Waals surface area contributed by atoms with Gasteiger partial charge in [-0.05, 0) is 12.1 Å². The first kappa shape index (κ1) is 11.3. The van der Waals surface area contributed by atoms with Gasteiger partial charge in [0.05, 0.1) is 5.33 Å². The molecule has 0 aliphatic rings. The molecule has 0 spiro atoms. The van der Waals surface area contributed by atoms with Crippen LogP contribution in [0.15, 0.2) is 22.6 Å². The van der Waals surface area contributed by atoms with Crippen molar-refractivity contribution in [2.45, 2.75) is 11.7 Å². The van der Waals surface area contributed by atoms with Crippen molar-refractivity contribution < 1.29 is 22.3 Å². The molecule has 0 radical (unpaired) electrons. The molecule has 0 saturated heterocycles. The molecule has 7 heteroatoms.